The zero-order chi connectivity index (χ0) is 16.1. The molecule has 0 spiro atoms. The number of nitrogens with zero attached hydrogens (tertiary/aromatic N) is 1. The molecule has 2 atom stereocenters. The molecule has 0 aliphatic carbocycles. The van der Waals surface area contributed by atoms with Gasteiger partial charge in [0.2, 0.25) is 5.89 Å². The molecule has 1 aromatic heterocycles. The second-order valence-corrected chi connectivity index (χ2v) is 5.49. The van der Waals surface area contributed by atoms with Crippen LogP contribution in [0.5, 0.6) is 0 Å². The summed E-state index contributed by atoms with van der Waals surface area (Å²) in [5.41, 5.74) is 8.23. The minimum atomic E-state index is -0.296. The molecule has 0 saturated heterocycles. The van der Waals surface area contributed by atoms with Gasteiger partial charge in [-0.1, -0.05) is 39.3 Å². The van der Waals surface area contributed by atoms with Crippen LogP contribution in [0.3, 0.4) is 0 Å². The number of hydrogen-bond donors (Lipinski definition) is 2. The van der Waals surface area contributed by atoms with Crippen LogP contribution in [-0.4, -0.2) is 10.9 Å². The van der Waals surface area contributed by atoms with E-state index >= 15 is 0 Å². The highest BCUT2D eigenvalue weighted by Crippen LogP contribution is 2.21. The summed E-state index contributed by atoms with van der Waals surface area (Å²) in [5.74, 6) is 0.359. The van der Waals surface area contributed by atoms with Crippen molar-refractivity contribution < 1.29 is 9.21 Å². The molecule has 0 fully saturated rings. The first-order chi connectivity index (χ1) is 10.5. The summed E-state index contributed by atoms with van der Waals surface area (Å²) in [7, 11) is 0. The Balaban J connectivity index is 2.08. The number of nitrogens with two attached hydrogens (primary N) is 1. The lowest BCUT2D eigenvalue weighted by Gasteiger charge is -2.13. The van der Waals surface area contributed by atoms with E-state index in [-0.39, 0.29) is 23.6 Å². The summed E-state index contributed by atoms with van der Waals surface area (Å²) in [6, 6.07) is 7.44. The number of anilines is 1. The van der Waals surface area contributed by atoms with Gasteiger partial charge in [0.15, 0.2) is 5.69 Å². The fourth-order valence-corrected chi connectivity index (χ4v) is 2.11. The molecule has 0 aliphatic rings. The molecule has 0 radical (unpaired) electrons. The van der Waals surface area contributed by atoms with Crippen molar-refractivity contribution >= 4 is 11.6 Å². The summed E-state index contributed by atoms with van der Waals surface area (Å²) < 4.78 is 5.36. The normalized spacial score (nSPS) is 13.6. The average molecular weight is 301 g/mol. The topological polar surface area (TPSA) is 81.2 Å². The Morgan fingerprint density at radius 2 is 2.18 bits per heavy atom. The van der Waals surface area contributed by atoms with Gasteiger partial charge < -0.3 is 15.5 Å². The minimum Gasteiger partial charge on any atom is -0.446 e. The lowest BCUT2D eigenvalue weighted by molar-refractivity contribution is 0.102. The number of aromatic nitrogens is 1. The van der Waals surface area contributed by atoms with Gasteiger partial charge in [-0.15, -0.1) is 0 Å². The Morgan fingerprint density at radius 1 is 1.41 bits per heavy atom. The molecule has 22 heavy (non-hydrogen) atoms. The van der Waals surface area contributed by atoms with E-state index in [9.17, 15) is 4.79 Å². The van der Waals surface area contributed by atoms with E-state index < -0.39 is 0 Å². The number of amides is 1. The molecule has 2 aromatic rings. The molecule has 0 aliphatic heterocycles. The van der Waals surface area contributed by atoms with Crippen molar-refractivity contribution in [1.82, 2.24) is 4.98 Å². The van der Waals surface area contributed by atoms with Gasteiger partial charge in [0.1, 0.15) is 6.26 Å². The number of hydrogen-bond acceptors (Lipinski definition) is 4. The fourth-order valence-electron chi connectivity index (χ4n) is 2.11. The van der Waals surface area contributed by atoms with Crippen LogP contribution >= 0.6 is 0 Å². The van der Waals surface area contributed by atoms with Crippen LogP contribution in [0.25, 0.3) is 0 Å². The fraction of sp³-hybridized carbons (Fsp3) is 0.412. The van der Waals surface area contributed by atoms with E-state index in [0.717, 1.165) is 24.1 Å². The SMILES string of the molecule is CCc1cccc(NC(=O)c2coc(C(N)C(C)CC)n2)c1. The van der Waals surface area contributed by atoms with Crippen LogP contribution in [0.4, 0.5) is 5.69 Å². The van der Waals surface area contributed by atoms with Gasteiger partial charge in [0.25, 0.3) is 5.91 Å². The first kappa shape index (κ1) is 16.2. The number of aryl methyl sites for hydroxylation is 1. The number of carbonyl (C=O) groups is 1. The second-order valence-electron chi connectivity index (χ2n) is 5.49. The van der Waals surface area contributed by atoms with Crippen LogP contribution < -0.4 is 11.1 Å². The maximum absolute atomic E-state index is 12.2. The van der Waals surface area contributed by atoms with Crippen LogP contribution in [0.15, 0.2) is 34.9 Å². The predicted molar refractivity (Wildman–Crippen MR) is 86.7 cm³/mol. The first-order valence-electron chi connectivity index (χ1n) is 7.66. The molecule has 1 amide bonds. The van der Waals surface area contributed by atoms with Crippen LogP contribution in [-0.2, 0) is 6.42 Å². The quantitative estimate of drug-likeness (QED) is 0.855. The summed E-state index contributed by atoms with van der Waals surface area (Å²) in [6.45, 7) is 6.16. The first-order valence-corrected chi connectivity index (χ1v) is 7.66. The number of benzene rings is 1. The third-order valence-electron chi connectivity index (χ3n) is 3.89. The summed E-state index contributed by atoms with van der Waals surface area (Å²) in [4.78, 5) is 16.4. The van der Waals surface area contributed by atoms with Gasteiger partial charge in [-0.05, 0) is 30.0 Å². The Morgan fingerprint density at radius 3 is 2.86 bits per heavy atom. The van der Waals surface area contributed by atoms with Gasteiger partial charge >= 0.3 is 0 Å². The molecule has 118 valence electrons. The Hall–Kier alpha value is -2.14. The average Bonchev–Trinajstić information content (AvgIpc) is 3.03. The number of oxazole rings is 1. The van der Waals surface area contributed by atoms with Crippen molar-refractivity contribution in [1.29, 1.82) is 0 Å². The van der Waals surface area contributed by atoms with E-state index in [4.69, 9.17) is 10.2 Å². The molecule has 1 aromatic carbocycles. The van der Waals surface area contributed by atoms with Gasteiger partial charge in [0, 0.05) is 5.69 Å². The highest BCUT2D eigenvalue weighted by molar-refractivity contribution is 6.02. The van der Waals surface area contributed by atoms with Crippen molar-refractivity contribution in [3.8, 4) is 0 Å². The number of nitrogens with one attached hydrogen (secondary N) is 1. The molecule has 1 heterocycles. The highest BCUT2D eigenvalue weighted by Gasteiger charge is 2.21. The minimum absolute atomic E-state index is 0.246. The molecule has 0 bridgehead atoms. The van der Waals surface area contributed by atoms with Crippen LogP contribution in [0.2, 0.25) is 0 Å². The predicted octanol–water partition coefficient (Wildman–Crippen LogP) is 3.54. The van der Waals surface area contributed by atoms with Crippen LogP contribution in [0, 0.1) is 5.92 Å². The van der Waals surface area contributed by atoms with E-state index in [1.54, 1.807) is 0 Å². The van der Waals surface area contributed by atoms with E-state index in [1.807, 2.05) is 31.2 Å². The second kappa shape index (κ2) is 7.22. The van der Waals surface area contributed by atoms with Crippen molar-refractivity contribution in [2.24, 2.45) is 11.7 Å². The molecular weight excluding hydrogens is 278 g/mol. The van der Waals surface area contributed by atoms with Gasteiger partial charge in [-0.3, -0.25) is 4.79 Å². The smallest absolute Gasteiger partial charge is 0.277 e. The Labute approximate surface area is 130 Å². The lowest BCUT2D eigenvalue weighted by Crippen LogP contribution is -2.19. The molecule has 0 saturated carbocycles. The zero-order valence-corrected chi connectivity index (χ0v) is 13.3. The summed E-state index contributed by atoms with van der Waals surface area (Å²) >= 11 is 0. The largest absolute Gasteiger partial charge is 0.446 e. The van der Waals surface area contributed by atoms with Gasteiger partial charge in [-0.25, -0.2) is 4.98 Å². The standard InChI is InChI=1S/C17H23N3O2/c1-4-11(3)15(18)17-20-14(10-22-17)16(21)19-13-8-6-7-12(5-2)9-13/h6-11,15H,4-5,18H2,1-3H3,(H,19,21). The molecule has 2 unspecified atom stereocenters. The summed E-state index contributed by atoms with van der Waals surface area (Å²) in [6.07, 6.45) is 3.20. The molecule has 3 N–H and O–H groups in total. The monoisotopic (exact) mass is 301 g/mol. The van der Waals surface area contributed by atoms with Crippen molar-refractivity contribution in [2.75, 3.05) is 5.32 Å². The van der Waals surface area contributed by atoms with Crippen molar-refractivity contribution in [3.05, 3.63) is 47.7 Å². The molecule has 2 rings (SSSR count). The molecular formula is C17H23N3O2. The molecule has 5 heteroatoms. The van der Waals surface area contributed by atoms with Crippen molar-refractivity contribution in [3.63, 3.8) is 0 Å². The highest BCUT2D eigenvalue weighted by atomic mass is 16.3. The maximum atomic E-state index is 12.2. The number of carbonyl (C=O) groups excluding carboxylic acids is 1. The third kappa shape index (κ3) is 3.74. The van der Waals surface area contributed by atoms with Gasteiger partial charge in [0.05, 0.1) is 6.04 Å². The van der Waals surface area contributed by atoms with E-state index in [1.165, 1.54) is 6.26 Å². The number of rotatable bonds is 6. The van der Waals surface area contributed by atoms with E-state index in [2.05, 4.69) is 24.1 Å². The Bertz CT molecular complexity index is 636. The van der Waals surface area contributed by atoms with Gasteiger partial charge in [-0.2, -0.15) is 0 Å². The molecule has 5 nitrogen and oxygen atoms in total. The van der Waals surface area contributed by atoms with E-state index in [0.29, 0.717) is 5.89 Å². The summed E-state index contributed by atoms with van der Waals surface area (Å²) in [5, 5.41) is 2.83. The van der Waals surface area contributed by atoms with Crippen LogP contribution in [0.1, 0.15) is 55.2 Å². The Kier molecular flexibility index (Phi) is 5.33. The maximum Gasteiger partial charge on any atom is 0.277 e. The lowest BCUT2D eigenvalue weighted by atomic mass is 10.0. The zero-order valence-electron chi connectivity index (χ0n) is 13.3. The van der Waals surface area contributed by atoms with Crippen molar-refractivity contribution in [2.45, 2.75) is 39.7 Å². The third-order valence-corrected chi connectivity index (χ3v) is 3.89.